The minimum Gasteiger partial charge on any atom is -0.453 e. The summed E-state index contributed by atoms with van der Waals surface area (Å²) in [5.41, 5.74) is 3.59. The molecule has 0 aliphatic carbocycles. The molecule has 0 saturated carbocycles. The molecule has 0 spiro atoms. The number of carbonyl (C=O) groups is 1. The second kappa shape index (κ2) is 6.15. The summed E-state index contributed by atoms with van der Waals surface area (Å²) in [5.74, 6) is 0. The molecule has 1 aromatic carbocycles. The third kappa shape index (κ3) is 2.82. The fourth-order valence-electron chi connectivity index (χ4n) is 2.28. The largest absolute Gasteiger partial charge is 0.453 e. The zero-order valence-electron chi connectivity index (χ0n) is 12.4. The Bertz CT molecular complexity index is 910. The molecule has 1 N–H and O–H groups in total. The molecule has 1 amide bonds. The predicted octanol–water partition coefficient (Wildman–Crippen LogP) is 2.12. The molecule has 0 atom stereocenters. The van der Waals surface area contributed by atoms with Crippen LogP contribution in [0.15, 0.2) is 42.7 Å². The highest BCUT2D eigenvalue weighted by Gasteiger charge is 2.10. The van der Waals surface area contributed by atoms with Crippen molar-refractivity contribution in [1.29, 1.82) is 5.26 Å². The van der Waals surface area contributed by atoms with Crippen LogP contribution in [0.25, 0.3) is 16.9 Å². The Morgan fingerprint density at radius 2 is 2.30 bits per heavy atom. The van der Waals surface area contributed by atoms with Gasteiger partial charge in [-0.15, -0.1) is 0 Å². The van der Waals surface area contributed by atoms with Crippen LogP contribution >= 0.6 is 0 Å². The SMILES string of the molecule is COC(=O)NCc1cccc(-c2ccnc3c(C#N)cnn23)c1. The van der Waals surface area contributed by atoms with Crippen LogP contribution in [0.1, 0.15) is 11.1 Å². The van der Waals surface area contributed by atoms with E-state index < -0.39 is 6.09 Å². The van der Waals surface area contributed by atoms with Crippen LogP contribution in [0.2, 0.25) is 0 Å². The van der Waals surface area contributed by atoms with E-state index in [0.717, 1.165) is 16.8 Å². The van der Waals surface area contributed by atoms with Crippen molar-refractivity contribution in [1.82, 2.24) is 19.9 Å². The minimum atomic E-state index is -0.479. The number of ether oxygens (including phenoxy) is 1. The fraction of sp³-hybridized carbons (Fsp3) is 0.125. The number of benzene rings is 1. The zero-order chi connectivity index (χ0) is 16.2. The van der Waals surface area contributed by atoms with Gasteiger partial charge in [-0.1, -0.05) is 18.2 Å². The van der Waals surface area contributed by atoms with Crippen molar-refractivity contribution >= 4 is 11.7 Å². The van der Waals surface area contributed by atoms with Gasteiger partial charge in [-0.3, -0.25) is 0 Å². The molecule has 0 unspecified atom stereocenters. The first-order valence-electron chi connectivity index (χ1n) is 6.87. The molecular formula is C16H13N5O2. The normalized spacial score (nSPS) is 10.3. The van der Waals surface area contributed by atoms with Gasteiger partial charge in [0.15, 0.2) is 5.65 Å². The number of alkyl carbamates (subject to hydrolysis) is 1. The molecule has 23 heavy (non-hydrogen) atoms. The second-order valence-corrected chi connectivity index (χ2v) is 4.78. The van der Waals surface area contributed by atoms with Gasteiger partial charge in [0.25, 0.3) is 0 Å². The van der Waals surface area contributed by atoms with E-state index in [1.807, 2.05) is 30.3 Å². The van der Waals surface area contributed by atoms with Gasteiger partial charge in [0, 0.05) is 18.3 Å². The second-order valence-electron chi connectivity index (χ2n) is 4.78. The highest BCUT2D eigenvalue weighted by molar-refractivity contribution is 5.68. The van der Waals surface area contributed by atoms with E-state index in [1.54, 1.807) is 10.7 Å². The summed E-state index contributed by atoms with van der Waals surface area (Å²) >= 11 is 0. The zero-order valence-corrected chi connectivity index (χ0v) is 12.4. The van der Waals surface area contributed by atoms with E-state index >= 15 is 0 Å². The van der Waals surface area contributed by atoms with Gasteiger partial charge in [0.2, 0.25) is 0 Å². The van der Waals surface area contributed by atoms with E-state index in [1.165, 1.54) is 13.3 Å². The van der Waals surface area contributed by atoms with Crippen molar-refractivity contribution in [2.45, 2.75) is 6.54 Å². The van der Waals surface area contributed by atoms with E-state index in [9.17, 15) is 4.79 Å². The monoisotopic (exact) mass is 307 g/mol. The molecule has 0 fully saturated rings. The van der Waals surface area contributed by atoms with Crippen LogP contribution in [0, 0.1) is 11.3 Å². The number of nitrogens with zero attached hydrogens (tertiary/aromatic N) is 4. The average molecular weight is 307 g/mol. The standard InChI is InChI=1S/C16H13N5O2/c1-23-16(22)19-9-11-3-2-4-12(7-11)14-5-6-18-15-13(8-17)10-20-21(14)15/h2-7,10H,9H2,1H3,(H,19,22). The molecule has 3 aromatic rings. The van der Waals surface area contributed by atoms with E-state index in [0.29, 0.717) is 17.8 Å². The maximum atomic E-state index is 11.2. The van der Waals surface area contributed by atoms with Gasteiger partial charge >= 0.3 is 6.09 Å². The molecule has 7 nitrogen and oxygen atoms in total. The maximum Gasteiger partial charge on any atom is 0.407 e. The third-order valence-electron chi connectivity index (χ3n) is 3.37. The van der Waals surface area contributed by atoms with E-state index in [-0.39, 0.29) is 0 Å². The summed E-state index contributed by atoms with van der Waals surface area (Å²) in [6.07, 6.45) is 2.66. The van der Waals surface area contributed by atoms with Crippen LogP contribution < -0.4 is 5.32 Å². The molecular weight excluding hydrogens is 294 g/mol. The molecule has 114 valence electrons. The number of nitrogens with one attached hydrogen (secondary N) is 1. The van der Waals surface area contributed by atoms with Gasteiger partial charge in [0.05, 0.1) is 19.0 Å². The number of methoxy groups -OCH3 is 1. The summed E-state index contributed by atoms with van der Waals surface area (Å²) in [6, 6.07) is 11.6. The number of amides is 1. The number of rotatable bonds is 3. The molecule has 2 aromatic heterocycles. The van der Waals surface area contributed by atoms with Crippen LogP contribution in [0.4, 0.5) is 4.79 Å². The highest BCUT2D eigenvalue weighted by atomic mass is 16.5. The lowest BCUT2D eigenvalue weighted by Crippen LogP contribution is -2.22. The first kappa shape index (κ1) is 14.5. The summed E-state index contributed by atoms with van der Waals surface area (Å²) in [7, 11) is 1.32. The van der Waals surface area contributed by atoms with Crippen LogP contribution in [-0.4, -0.2) is 27.8 Å². The molecule has 7 heteroatoms. The van der Waals surface area contributed by atoms with Crippen LogP contribution in [-0.2, 0) is 11.3 Å². The first-order valence-corrected chi connectivity index (χ1v) is 6.87. The highest BCUT2D eigenvalue weighted by Crippen LogP contribution is 2.21. The Morgan fingerprint density at radius 1 is 1.43 bits per heavy atom. The Morgan fingerprint density at radius 3 is 3.09 bits per heavy atom. The summed E-state index contributed by atoms with van der Waals surface area (Å²) in [6.45, 7) is 0.358. The Balaban J connectivity index is 1.98. The molecule has 0 saturated heterocycles. The molecule has 3 rings (SSSR count). The van der Waals surface area contributed by atoms with Crippen LogP contribution in [0.5, 0.6) is 0 Å². The van der Waals surface area contributed by atoms with Crippen molar-refractivity contribution in [3.05, 3.63) is 53.9 Å². The molecule has 2 heterocycles. The van der Waals surface area contributed by atoms with Gasteiger partial charge in [-0.25, -0.2) is 14.3 Å². The van der Waals surface area contributed by atoms with Gasteiger partial charge < -0.3 is 10.1 Å². The average Bonchev–Trinajstić information content (AvgIpc) is 3.03. The minimum absolute atomic E-state index is 0.358. The molecule has 0 aliphatic rings. The Kier molecular flexibility index (Phi) is 3.89. The summed E-state index contributed by atoms with van der Waals surface area (Å²) in [4.78, 5) is 15.4. The first-order chi connectivity index (χ1) is 11.2. The third-order valence-corrected chi connectivity index (χ3v) is 3.37. The lowest BCUT2D eigenvalue weighted by Gasteiger charge is -2.08. The lowest BCUT2D eigenvalue weighted by molar-refractivity contribution is 0.170. The van der Waals surface area contributed by atoms with Crippen molar-refractivity contribution in [2.24, 2.45) is 0 Å². The van der Waals surface area contributed by atoms with Crippen LogP contribution in [0.3, 0.4) is 0 Å². The topological polar surface area (TPSA) is 92.3 Å². The quantitative estimate of drug-likeness (QED) is 0.800. The van der Waals surface area contributed by atoms with Gasteiger partial charge in [0.1, 0.15) is 11.6 Å². The molecule has 0 aliphatic heterocycles. The fourth-order valence-corrected chi connectivity index (χ4v) is 2.28. The number of aromatic nitrogens is 3. The predicted molar refractivity (Wildman–Crippen MR) is 82.4 cm³/mol. The number of carbonyl (C=O) groups excluding carboxylic acids is 1. The number of fused-ring (bicyclic) bond motifs is 1. The van der Waals surface area contributed by atoms with E-state index in [2.05, 4.69) is 26.2 Å². The smallest absolute Gasteiger partial charge is 0.407 e. The van der Waals surface area contributed by atoms with Gasteiger partial charge in [-0.2, -0.15) is 10.4 Å². The lowest BCUT2D eigenvalue weighted by atomic mass is 10.1. The van der Waals surface area contributed by atoms with Crippen molar-refractivity contribution in [3.63, 3.8) is 0 Å². The Hall–Kier alpha value is -3.40. The number of hydrogen-bond donors (Lipinski definition) is 1. The van der Waals surface area contributed by atoms with Crippen molar-refractivity contribution in [3.8, 4) is 17.3 Å². The van der Waals surface area contributed by atoms with Gasteiger partial charge in [-0.05, 0) is 17.7 Å². The molecule has 0 bridgehead atoms. The number of nitriles is 1. The summed E-state index contributed by atoms with van der Waals surface area (Å²) in [5, 5.41) is 15.9. The van der Waals surface area contributed by atoms with Crippen molar-refractivity contribution in [2.75, 3.05) is 7.11 Å². The Labute approximate surface area is 132 Å². The van der Waals surface area contributed by atoms with E-state index in [4.69, 9.17) is 5.26 Å². The maximum absolute atomic E-state index is 11.2. The van der Waals surface area contributed by atoms with Crippen molar-refractivity contribution < 1.29 is 9.53 Å². The number of hydrogen-bond acceptors (Lipinski definition) is 5. The summed E-state index contributed by atoms with van der Waals surface area (Å²) < 4.78 is 6.19. The molecule has 0 radical (unpaired) electrons.